The molecule has 2 atom stereocenters. The average molecular weight is 438 g/mol. The number of halogens is 1. The molecule has 0 bridgehead atoms. The first kappa shape index (κ1) is 19.8. The highest BCUT2D eigenvalue weighted by Gasteiger charge is 2.31. The third-order valence-corrected chi connectivity index (χ3v) is 5.71. The molecule has 0 aliphatic carbocycles. The molecule has 0 radical (unpaired) electrons. The fraction of sp³-hybridized carbons (Fsp3) is 0.400. The van der Waals surface area contributed by atoms with Gasteiger partial charge in [-0.3, -0.25) is 0 Å². The van der Waals surface area contributed by atoms with Gasteiger partial charge in [-0.1, -0.05) is 6.07 Å². The van der Waals surface area contributed by atoms with E-state index in [4.69, 9.17) is 18.9 Å². The number of methoxy groups -OCH3 is 4. The number of aliphatic hydroxyl groups is 1. The second kappa shape index (κ2) is 8.37. The van der Waals surface area contributed by atoms with Crippen LogP contribution in [0.1, 0.15) is 28.8 Å². The third kappa shape index (κ3) is 3.59. The summed E-state index contributed by atoms with van der Waals surface area (Å²) < 4.78 is 22.3. The maximum atomic E-state index is 11.2. The van der Waals surface area contributed by atoms with Crippen molar-refractivity contribution in [1.29, 1.82) is 0 Å². The van der Waals surface area contributed by atoms with Crippen molar-refractivity contribution in [3.8, 4) is 23.0 Å². The number of benzene rings is 2. The number of hydrogen-bond acceptors (Lipinski definition) is 6. The lowest BCUT2D eigenvalue weighted by Gasteiger charge is -2.32. The fourth-order valence-corrected chi connectivity index (χ4v) is 4.23. The van der Waals surface area contributed by atoms with E-state index in [1.807, 2.05) is 18.2 Å². The topological polar surface area (TPSA) is 69.2 Å². The molecule has 146 valence electrons. The van der Waals surface area contributed by atoms with Gasteiger partial charge in [-0.15, -0.1) is 0 Å². The highest BCUT2D eigenvalue weighted by molar-refractivity contribution is 9.10. The molecule has 27 heavy (non-hydrogen) atoms. The molecule has 0 saturated heterocycles. The maximum Gasteiger partial charge on any atom is 0.175 e. The summed E-state index contributed by atoms with van der Waals surface area (Å²) in [6.07, 6.45) is 0.0581. The van der Waals surface area contributed by atoms with Crippen molar-refractivity contribution in [1.82, 2.24) is 5.32 Å². The van der Waals surface area contributed by atoms with Gasteiger partial charge in [0.05, 0.1) is 45.1 Å². The van der Waals surface area contributed by atoms with Gasteiger partial charge in [0.2, 0.25) is 0 Å². The van der Waals surface area contributed by atoms with Gasteiger partial charge in [0.1, 0.15) is 0 Å². The van der Waals surface area contributed by atoms with Crippen molar-refractivity contribution in [2.24, 2.45) is 0 Å². The summed E-state index contributed by atoms with van der Waals surface area (Å²) in [6.45, 7) is 0.759. The second-order valence-corrected chi connectivity index (χ2v) is 7.03. The number of fused-ring (bicyclic) bond motifs is 1. The number of hydrogen-bond donors (Lipinski definition) is 2. The van der Waals surface area contributed by atoms with Crippen LogP contribution in [-0.4, -0.2) is 40.1 Å². The van der Waals surface area contributed by atoms with Crippen LogP contribution in [0.2, 0.25) is 0 Å². The van der Waals surface area contributed by atoms with E-state index < -0.39 is 6.10 Å². The van der Waals surface area contributed by atoms with Crippen LogP contribution >= 0.6 is 15.9 Å². The summed E-state index contributed by atoms with van der Waals surface area (Å²) in [5, 5.41) is 14.6. The molecule has 0 amide bonds. The fourth-order valence-electron chi connectivity index (χ4n) is 3.51. The number of ether oxygens (including phenoxy) is 4. The minimum atomic E-state index is -0.795. The van der Waals surface area contributed by atoms with Crippen molar-refractivity contribution >= 4 is 15.9 Å². The molecule has 0 saturated carbocycles. The minimum absolute atomic E-state index is 0.289. The zero-order valence-corrected chi connectivity index (χ0v) is 17.4. The highest BCUT2D eigenvalue weighted by Crippen LogP contribution is 2.45. The Morgan fingerprint density at radius 2 is 1.67 bits per heavy atom. The summed E-state index contributed by atoms with van der Waals surface area (Å²) in [5.41, 5.74) is 2.84. The lowest BCUT2D eigenvalue weighted by Crippen LogP contribution is -2.34. The van der Waals surface area contributed by atoms with Crippen molar-refractivity contribution in [2.75, 3.05) is 35.0 Å². The Balaban J connectivity index is 2.04. The molecule has 0 fully saturated rings. The van der Waals surface area contributed by atoms with Gasteiger partial charge in [-0.05, 0) is 58.2 Å². The SMILES string of the molecule is COc1cc2c(cc1OC)[C@H]([C@H](O)c1ccc(OC)c(OC)c1Br)NCC2. The van der Waals surface area contributed by atoms with Crippen molar-refractivity contribution < 1.29 is 24.1 Å². The molecule has 1 heterocycles. The number of nitrogens with one attached hydrogen (secondary N) is 1. The molecule has 2 aromatic rings. The molecular weight excluding hydrogens is 414 g/mol. The van der Waals surface area contributed by atoms with E-state index in [2.05, 4.69) is 21.2 Å². The Labute approximate surface area is 167 Å². The van der Waals surface area contributed by atoms with E-state index in [0.717, 1.165) is 24.1 Å². The Hall–Kier alpha value is -1.96. The predicted molar refractivity (Wildman–Crippen MR) is 106 cm³/mol. The van der Waals surface area contributed by atoms with Gasteiger partial charge in [-0.2, -0.15) is 0 Å². The van der Waals surface area contributed by atoms with E-state index in [1.54, 1.807) is 34.5 Å². The van der Waals surface area contributed by atoms with Gasteiger partial charge in [0, 0.05) is 5.56 Å². The van der Waals surface area contributed by atoms with Crippen LogP contribution in [0.3, 0.4) is 0 Å². The second-order valence-electron chi connectivity index (χ2n) is 6.24. The van der Waals surface area contributed by atoms with Crippen molar-refractivity contribution in [3.63, 3.8) is 0 Å². The summed E-state index contributed by atoms with van der Waals surface area (Å²) in [5.74, 6) is 2.49. The van der Waals surface area contributed by atoms with Gasteiger partial charge in [-0.25, -0.2) is 0 Å². The van der Waals surface area contributed by atoms with Crippen LogP contribution < -0.4 is 24.3 Å². The van der Waals surface area contributed by atoms with Crippen molar-refractivity contribution in [3.05, 3.63) is 45.4 Å². The van der Waals surface area contributed by atoms with E-state index in [1.165, 1.54) is 0 Å². The van der Waals surface area contributed by atoms with Gasteiger partial charge in [0.15, 0.2) is 23.0 Å². The molecule has 0 unspecified atom stereocenters. The average Bonchev–Trinajstić information content (AvgIpc) is 2.71. The van der Waals surface area contributed by atoms with Crippen LogP contribution in [0.25, 0.3) is 0 Å². The van der Waals surface area contributed by atoms with E-state index in [-0.39, 0.29) is 6.04 Å². The molecule has 0 aromatic heterocycles. The monoisotopic (exact) mass is 437 g/mol. The Kier molecular flexibility index (Phi) is 6.14. The molecule has 7 heteroatoms. The molecule has 1 aliphatic rings. The largest absolute Gasteiger partial charge is 0.493 e. The van der Waals surface area contributed by atoms with Crippen LogP contribution in [-0.2, 0) is 6.42 Å². The molecule has 1 aliphatic heterocycles. The summed E-state index contributed by atoms with van der Waals surface area (Å²) in [4.78, 5) is 0. The first-order valence-electron chi connectivity index (χ1n) is 8.62. The molecule has 3 rings (SSSR count). The summed E-state index contributed by atoms with van der Waals surface area (Å²) >= 11 is 3.55. The zero-order valence-electron chi connectivity index (χ0n) is 15.8. The van der Waals surface area contributed by atoms with E-state index in [0.29, 0.717) is 33.0 Å². The minimum Gasteiger partial charge on any atom is -0.493 e. The standard InChI is InChI=1S/C20H24BrNO5/c1-24-14-6-5-12(17(21)20(14)27-4)19(23)18-13-10-16(26-3)15(25-2)9-11(13)7-8-22-18/h5-6,9-10,18-19,22-23H,7-8H2,1-4H3/t18-,19-/m1/s1. The Morgan fingerprint density at radius 1 is 1.00 bits per heavy atom. The van der Waals surface area contributed by atoms with Gasteiger partial charge < -0.3 is 29.4 Å². The molecular formula is C20H24BrNO5. The normalized spacial score (nSPS) is 17.0. The summed E-state index contributed by atoms with van der Waals surface area (Å²) in [6, 6.07) is 7.26. The third-order valence-electron chi connectivity index (χ3n) is 4.89. The number of aliphatic hydroxyl groups excluding tert-OH is 1. The van der Waals surface area contributed by atoms with Crippen LogP contribution in [0.5, 0.6) is 23.0 Å². The summed E-state index contributed by atoms with van der Waals surface area (Å²) in [7, 11) is 6.39. The van der Waals surface area contributed by atoms with Crippen LogP contribution in [0.15, 0.2) is 28.7 Å². The molecule has 6 nitrogen and oxygen atoms in total. The van der Waals surface area contributed by atoms with Gasteiger partial charge in [0.25, 0.3) is 0 Å². The van der Waals surface area contributed by atoms with Gasteiger partial charge >= 0.3 is 0 Å². The Morgan fingerprint density at radius 3 is 2.30 bits per heavy atom. The van der Waals surface area contributed by atoms with Crippen molar-refractivity contribution in [2.45, 2.75) is 18.6 Å². The quantitative estimate of drug-likeness (QED) is 0.721. The first-order chi connectivity index (χ1) is 13.0. The lowest BCUT2D eigenvalue weighted by molar-refractivity contribution is 0.124. The first-order valence-corrected chi connectivity index (χ1v) is 9.41. The predicted octanol–water partition coefficient (Wildman–Crippen LogP) is 3.40. The smallest absolute Gasteiger partial charge is 0.175 e. The lowest BCUT2D eigenvalue weighted by atomic mass is 9.88. The van der Waals surface area contributed by atoms with Crippen LogP contribution in [0.4, 0.5) is 0 Å². The number of rotatable bonds is 6. The molecule has 2 N–H and O–H groups in total. The van der Waals surface area contributed by atoms with E-state index in [9.17, 15) is 5.11 Å². The Bertz CT molecular complexity index is 827. The van der Waals surface area contributed by atoms with Crippen LogP contribution in [0, 0.1) is 0 Å². The molecule has 0 spiro atoms. The maximum absolute atomic E-state index is 11.2. The molecule has 2 aromatic carbocycles. The highest BCUT2D eigenvalue weighted by atomic mass is 79.9. The van der Waals surface area contributed by atoms with E-state index >= 15 is 0 Å². The zero-order chi connectivity index (χ0) is 19.6.